The Kier molecular flexibility index (Phi) is 6.00. The number of nitrogens with zero attached hydrogens (tertiary/aromatic N) is 4. The predicted octanol–water partition coefficient (Wildman–Crippen LogP) is 4.72. The maximum atomic E-state index is 9.75. The molecule has 0 radical (unpaired) electrons. The Morgan fingerprint density at radius 2 is 1.96 bits per heavy atom. The molecule has 2 heterocycles. The molecule has 1 aromatic carbocycles. The topological polar surface area (TPSA) is 74.5 Å². The van der Waals surface area contributed by atoms with Crippen molar-refractivity contribution in [2.24, 2.45) is 0 Å². The summed E-state index contributed by atoms with van der Waals surface area (Å²) in [5.74, 6) is 0.460. The van der Waals surface area contributed by atoms with E-state index in [0.29, 0.717) is 16.4 Å². The summed E-state index contributed by atoms with van der Waals surface area (Å²) < 4.78 is 0. The molecule has 1 N–H and O–H groups in total. The molecule has 0 bridgehead atoms. The average molecular weight is 378 g/mol. The summed E-state index contributed by atoms with van der Waals surface area (Å²) in [5, 5.41) is 22.4. The smallest absolute Gasteiger partial charge is 0.167 e. The molecular weight excluding hydrogens is 358 g/mol. The maximum absolute atomic E-state index is 9.75. The number of aryl methyl sites for hydroxylation is 1. The van der Waals surface area contributed by atoms with Crippen LogP contribution < -0.4 is 5.32 Å². The molecule has 3 rings (SSSR count). The van der Waals surface area contributed by atoms with Crippen molar-refractivity contribution in [1.82, 2.24) is 15.2 Å². The second-order valence-corrected chi connectivity index (χ2v) is 6.49. The van der Waals surface area contributed by atoms with Gasteiger partial charge in [-0.15, -0.1) is 5.10 Å². The lowest BCUT2D eigenvalue weighted by molar-refractivity contribution is 0.833. The first-order valence-electron chi connectivity index (χ1n) is 8.89. The fourth-order valence-corrected chi connectivity index (χ4v) is 3.29. The van der Waals surface area contributed by atoms with Crippen LogP contribution in [0.5, 0.6) is 0 Å². The van der Waals surface area contributed by atoms with Crippen molar-refractivity contribution >= 4 is 17.4 Å². The first-order chi connectivity index (χ1) is 13.2. The zero-order valence-corrected chi connectivity index (χ0v) is 16.0. The summed E-state index contributed by atoms with van der Waals surface area (Å²) >= 11 is 6.20. The van der Waals surface area contributed by atoms with E-state index in [0.717, 1.165) is 35.4 Å². The molecule has 1 unspecified atom stereocenters. The van der Waals surface area contributed by atoms with Gasteiger partial charge in [-0.2, -0.15) is 10.4 Å². The van der Waals surface area contributed by atoms with Gasteiger partial charge in [0.15, 0.2) is 5.82 Å². The molecule has 0 fully saturated rings. The normalized spacial score (nSPS) is 11.6. The van der Waals surface area contributed by atoms with Crippen molar-refractivity contribution in [3.05, 3.63) is 81.8 Å². The zero-order valence-electron chi connectivity index (χ0n) is 15.3. The fraction of sp³-hybridized carbons (Fsp3) is 0.238. The quantitative estimate of drug-likeness (QED) is 0.672. The summed E-state index contributed by atoms with van der Waals surface area (Å²) in [6.45, 7) is 4.04. The number of benzene rings is 1. The van der Waals surface area contributed by atoms with Crippen molar-refractivity contribution < 1.29 is 0 Å². The average Bonchev–Trinajstić information content (AvgIpc) is 2.71. The van der Waals surface area contributed by atoms with Crippen LogP contribution in [0.4, 0.5) is 5.82 Å². The van der Waals surface area contributed by atoms with Crippen LogP contribution >= 0.6 is 11.6 Å². The Bertz CT molecular complexity index is 966. The van der Waals surface area contributed by atoms with E-state index in [4.69, 9.17) is 11.6 Å². The van der Waals surface area contributed by atoms with Gasteiger partial charge in [0.2, 0.25) is 0 Å². The molecule has 1 atom stereocenters. The molecule has 0 saturated heterocycles. The van der Waals surface area contributed by atoms with Gasteiger partial charge in [0, 0.05) is 11.2 Å². The van der Waals surface area contributed by atoms with E-state index in [-0.39, 0.29) is 6.04 Å². The van der Waals surface area contributed by atoms with Crippen LogP contribution in [0, 0.1) is 11.3 Å². The minimum absolute atomic E-state index is 0.302. The van der Waals surface area contributed by atoms with Gasteiger partial charge in [-0.25, -0.2) is 0 Å². The van der Waals surface area contributed by atoms with Crippen molar-refractivity contribution in [2.75, 3.05) is 5.32 Å². The molecule has 6 heteroatoms. The van der Waals surface area contributed by atoms with Crippen LogP contribution in [-0.4, -0.2) is 15.2 Å². The second-order valence-electron chi connectivity index (χ2n) is 6.05. The lowest BCUT2D eigenvalue weighted by atomic mass is 10.0. The van der Waals surface area contributed by atoms with Crippen molar-refractivity contribution in [1.29, 1.82) is 5.26 Å². The maximum Gasteiger partial charge on any atom is 0.167 e. The highest BCUT2D eigenvalue weighted by Crippen LogP contribution is 2.29. The number of rotatable bonds is 6. The lowest BCUT2D eigenvalue weighted by Gasteiger charge is -2.21. The summed E-state index contributed by atoms with van der Waals surface area (Å²) in [6.07, 6.45) is 3.20. The van der Waals surface area contributed by atoms with Gasteiger partial charge in [-0.1, -0.05) is 43.6 Å². The largest absolute Gasteiger partial charge is 0.355 e. The van der Waals surface area contributed by atoms with Gasteiger partial charge in [-0.3, -0.25) is 4.98 Å². The standard InChI is InChI=1S/C21H20ClN5/c1-3-16-17(13-23)21(27-26-18(16)4-2)25-20(19-10-5-6-11-24-19)14-8-7-9-15(22)12-14/h5-12,20H,3-4H2,1-2H3,(H,25,27). The van der Waals surface area contributed by atoms with Gasteiger partial charge < -0.3 is 5.32 Å². The van der Waals surface area contributed by atoms with Crippen LogP contribution in [0.2, 0.25) is 5.02 Å². The van der Waals surface area contributed by atoms with Gasteiger partial charge in [-0.05, 0) is 48.2 Å². The molecule has 0 aliphatic carbocycles. The number of halogens is 1. The van der Waals surface area contributed by atoms with Crippen LogP contribution in [-0.2, 0) is 12.8 Å². The number of aromatic nitrogens is 3. The van der Waals surface area contributed by atoms with Gasteiger partial charge >= 0.3 is 0 Å². The molecule has 0 saturated carbocycles. The molecule has 0 amide bonds. The van der Waals surface area contributed by atoms with Gasteiger partial charge in [0.05, 0.1) is 17.4 Å². The van der Waals surface area contributed by atoms with E-state index in [1.807, 2.05) is 56.3 Å². The molecule has 5 nitrogen and oxygen atoms in total. The van der Waals surface area contributed by atoms with Crippen LogP contribution in [0.15, 0.2) is 48.7 Å². The molecule has 0 aliphatic heterocycles. The second kappa shape index (κ2) is 8.61. The van der Waals surface area contributed by atoms with E-state index in [1.54, 1.807) is 6.20 Å². The highest BCUT2D eigenvalue weighted by atomic mass is 35.5. The summed E-state index contributed by atoms with van der Waals surface area (Å²) in [4.78, 5) is 4.48. The number of anilines is 1. The Balaban J connectivity index is 2.09. The molecule has 136 valence electrons. The van der Waals surface area contributed by atoms with Crippen LogP contribution in [0.3, 0.4) is 0 Å². The number of pyridine rings is 1. The minimum atomic E-state index is -0.302. The van der Waals surface area contributed by atoms with Gasteiger partial charge in [0.1, 0.15) is 11.6 Å². The van der Waals surface area contributed by atoms with Crippen molar-refractivity contribution in [3.63, 3.8) is 0 Å². The Morgan fingerprint density at radius 1 is 1.11 bits per heavy atom. The Hall–Kier alpha value is -2.97. The molecule has 0 spiro atoms. The first kappa shape index (κ1) is 18.8. The van der Waals surface area contributed by atoms with E-state index in [2.05, 4.69) is 26.6 Å². The highest BCUT2D eigenvalue weighted by molar-refractivity contribution is 6.30. The van der Waals surface area contributed by atoms with Crippen LogP contribution in [0.1, 0.15) is 48.0 Å². The third kappa shape index (κ3) is 4.07. The summed E-state index contributed by atoms with van der Waals surface area (Å²) in [6, 6.07) is 15.3. The number of hydrogen-bond acceptors (Lipinski definition) is 5. The number of hydrogen-bond donors (Lipinski definition) is 1. The molecule has 2 aromatic heterocycles. The fourth-order valence-electron chi connectivity index (χ4n) is 3.09. The number of nitriles is 1. The number of nitrogens with one attached hydrogen (secondary N) is 1. The minimum Gasteiger partial charge on any atom is -0.355 e. The Labute approximate surface area is 164 Å². The van der Waals surface area contributed by atoms with E-state index in [1.165, 1.54) is 0 Å². The first-order valence-corrected chi connectivity index (χ1v) is 9.27. The predicted molar refractivity (Wildman–Crippen MR) is 107 cm³/mol. The zero-order chi connectivity index (χ0) is 19.2. The molecular formula is C21H20ClN5. The lowest BCUT2D eigenvalue weighted by Crippen LogP contribution is -2.17. The van der Waals surface area contributed by atoms with E-state index < -0.39 is 0 Å². The summed E-state index contributed by atoms with van der Waals surface area (Å²) in [7, 11) is 0. The monoisotopic (exact) mass is 377 g/mol. The van der Waals surface area contributed by atoms with E-state index in [9.17, 15) is 5.26 Å². The molecule has 0 aliphatic rings. The van der Waals surface area contributed by atoms with Crippen molar-refractivity contribution in [2.45, 2.75) is 32.7 Å². The van der Waals surface area contributed by atoms with Crippen molar-refractivity contribution in [3.8, 4) is 6.07 Å². The van der Waals surface area contributed by atoms with E-state index >= 15 is 0 Å². The molecule has 27 heavy (non-hydrogen) atoms. The summed E-state index contributed by atoms with van der Waals surface area (Å²) in [5.41, 5.74) is 4.07. The SMILES string of the molecule is CCc1nnc(NC(c2cccc(Cl)c2)c2ccccn2)c(C#N)c1CC. The third-order valence-electron chi connectivity index (χ3n) is 4.40. The highest BCUT2D eigenvalue weighted by Gasteiger charge is 2.21. The van der Waals surface area contributed by atoms with Crippen LogP contribution in [0.25, 0.3) is 0 Å². The Morgan fingerprint density at radius 3 is 2.59 bits per heavy atom. The van der Waals surface area contributed by atoms with Gasteiger partial charge in [0.25, 0.3) is 0 Å². The third-order valence-corrected chi connectivity index (χ3v) is 4.64. The molecule has 3 aromatic rings.